The molecule has 21 heavy (non-hydrogen) atoms. The van der Waals surface area contributed by atoms with Gasteiger partial charge in [-0.2, -0.15) is 0 Å². The smallest absolute Gasteiger partial charge is 0.136 e. The average molecular weight is 284 g/mol. The fourth-order valence-electron chi connectivity index (χ4n) is 2.07. The van der Waals surface area contributed by atoms with Gasteiger partial charge in [-0.25, -0.2) is 9.97 Å². The average Bonchev–Trinajstić information content (AvgIpc) is 3.37. The van der Waals surface area contributed by atoms with Gasteiger partial charge in [-0.15, -0.1) is 0 Å². The summed E-state index contributed by atoms with van der Waals surface area (Å²) in [4.78, 5) is 9.07. The van der Waals surface area contributed by atoms with Gasteiger partial charge in [0.2, 0.25) is 0 Å². The van der Waals surface area contributed by atoms with Gasteiger partial charge in [0, 0.05) is 19.0 Å². The van der Waals surface area contributed by atoms with E-state index in [9.17, 15) is 0 Å². The zero-order valence-corrected chi connectivity index (χ0v) is 12.2. The van der Waals surface area contributed by atoms with Gasteiger partial charge in [-0.05, 0) is 25.0 Å². The zero-order chi connectivity index (χ0) is 14.5. The van der Waals surface area contributed by atoms with Crippen molar-refractivity contribution < 1.29 is 4.74 Å². The Morgan fingerprint density at radius 3 is 2.62 bits per heavy atom. The number of nitrogens with zero attached hydrogens (tertiary/aromatic N) is 2. The van der Waals surface area contributed by atoms with Gasteiger partial charge in [0.15, 0.2) is 0 Å². The molecule has 0 saturated heterocycles. The fourth-order valence-corrected chi connectivity index (χ4v) is 2.07. The summed E-state index contributed by atoms with van der Waals surface area (Å²) in [7, 11) is 1.88. The van der Waals surface area contributed by atoms with Gasteiger partial charge in [0.1, 0.15) is 29.8 Å². The maximum Gasteiger partial charge on any atom is 0.136 e. The minimum absolute atomic E-state index is 0.541. The van der Waals surface area contributed by atoms with E-state index in [4.69, 9.17) is 4.74 Å². The third-order valence-corrected chi connectivity index (χ3v) is 3.36. The number of anilines is 2. The summed E-state index contributed by atoms with van der Waals surface area (Å²) in [6.07, 6.45) is 2.40. The number of rotatable bonds is 7. The number of hydrogen-bond donors (Lipinski definition) is 2. The van der Waals surface area contributed by atoms with Crippen molar-refractivity contribution in [2.75, 3.05) is 30.8 Å². The lowest BCUT2D eigenvalue weighted by Gasteiger charge is -2.10. The number of nitrogens with one attached hydrogen (secondary N) is 2. The second-order valence-electron chi connectivity index (χ2n) is 5.11. The minimum atomic E-state index is 0.541. The zero-order valence-electron chi connectivity index (χ0n) is 12.2. The molecule has 1 saturated carbocycles. The molecule has 0 atom stereocenters. The Kier molecular flexibility index (Phi) is 4.19. The van der Waals surface area contributed by atoms with Crippen LogP contribution in [0.5, 0.6) is 5.75 Å². The molecule has 2 N–H and O–H groups in total. The van der Waals surface area contributed by atoms with Crippen molar-refractivity contribution in [3.05, 3.63) is 42.2 Å². The third kappa shape index (κ3) is 3.84. The Balaban J connectivity index is 1.53. The first kappa shape index (κ1) is 13.7. The number of para-hydroxylation sites is 1. The largest absolute Gasteiger partial charge is 0.492 e. The molecule has 1 fully saturated rings. The normalized spacial score (nSPS) is 13.8. The van der Waals surface area contributed by atoms with Crippen LogP contribution in [-0.2, 0) is 0 Å². The summed E-state index contributed by atoms with van der Waals surface area (Å²) >= 11 is 0. The molecule has 1 heterocycles. The monoisotopic (exact) mass is 284 g/mol. The van der Waals surface area contributed by atoms with Crippen molar-refractivity contribution >= 4 is 11.6 Å². The number of aromatic nitrogens is 2. The summed E-state index contributed by atoms with van der Waals surface area (Å²) in [6.45, 7) is 1.31. The van der Waals surface area contributed by atoms with Gasteiger partial charge in [0.05, 0.1) is 6.54 Å². The Morgan fingerprint density at radius 1 is 1.14 bits per heavy atom. The van der Waals surface area contributed by atoms with Gasteiger partial charge in [-0.1, -0.05) is 18.2 Å². The highest BCUT2D eigenvalue weighted by atomic mass is 16.5. The minimum Gasteiger partial charge on any atom is -0.492 e. The first-order valence-electron chi connectivity index (χ1n) is 7.33. The molecule has 0 radical (unpaired) electrons. The Bertz CT molecular complexity index is 584. The Labute approximate surface area is 124 Å². The van der Waals surface area contributed by atoms with Gasteiger partial charge < -0.3 is 15.4 Å². The molecule has 0 bridgehead atoms. The maximum atomic E-state index is 5.65. The van der Waals surface area contributed by atoms with Crippen LogP contribution in [-0.4, -0.2) is 30.2 Å². The van der Waals surface area contributed by atoms with E-state index in [1.807, 2.05) is 43.4 Å². The summed E-state index contributed by atoms with van der Waals surface area (Å²) in [6, 6.07) is 11.7. The van der Waals surface area contributed by atoms with Crippen LogP contribution in [0.4, 0.5) is 11.6 Å². The highest BCUT2D eigenvalue weighted by Gasteiger charge is 2.27. The molecule has 0 aliphatic heterocycles. The van der Waals surface area contributed by atoms with Crippen LogP contribution in [0.15, 0.2) is 36.4 Å². The third-order valence-electron chi connectivity index (χ3n) is 3.36. The SMILES string of the molecule is CNc1cc(NCCOc2ccccc2)nc(C2CC2)n1. The second kappa shape index (κ2) is 6.43. The maximum absolute atomic E-state index is 5.65. The van der Waals surface area contributed by atoms with E-state index in [2.05, 4.69) is 20.6 Å². The van der Waals surface area contributed by atoms with Crippen LogP contribution in [0, 0.1) is 0 Å². The molecule has 0 spiro atoms. The van der Waals surface area contributed by atoms with Crippen molar-refractivity contribution in [1.82, 2.24) is 9.97 Å². The molecule has 110 valence electrons. The lowest BCUT2D eigenvalue weighted by atomic mass is 10.3. The quantitative estimate of drug-likeness (QED) is 0.766. The molecule has 1 aliphatic carbocycles. The van der Waals surface area contributed by atoms with E-state index in [0.717, 1.165) is 23.2 Å². The van der Waals surface area contributed by atoms with Gasteiger partial charge >= 0.3 is 0 Å². The highest BCUT2D eigenvalue weighted by Crippen LogP contribution is 2.38. The molecule has 1 aliphatic rings. The van der Waals surface area contributed by atoms with Crippen molar-refractivity contribution in [3.63, 3.8) is 0 Å². The number of hydrogen-bond acceptors (Lipinski definition) is 5. The molecule has 0 amide bonds. The molecular weight excluding hydrogens is 264 g/mol. The van der Waals surface area contributed by atoms with Crippen molar-refractivity contribution in [2.45, 2.75) is 18.8 Å². The van der Waals surface area contributed by atoms with Gasteiger partial charge in [0.25, 0.3) is 0 Å². The van der Waals surface area contributed by atoms with Crippen molar-refractivity contribution in [2.24, 2.45) is 0 Å². The molecule has 2 aromatic rings. The van der Waals surface area contributed by atoms with Crippen LogP contribution in [0.1, 0.15) is 24.6 Å². The van der Waals surface area contributed by atoms with Crippen LogP contribution in [0.25, 0.3) is 0 Å². The summed E-state index contributed by atoms with van der Waals surface area (Å²) in [5.74, 6) is 4.08. The van der Waals surface area contributed by atoms with E-state index in [0.29, 0.717) is 19.1 Å². The van der Waals surface area contributed by atoms with Crippen LogP contribution < -0.4 is 15.4 Å². The first-order valence-corrected chi connectivity index (χ1v) is 7.33. The van der Waals surface area contributed by atoms with E-state index >= 15 is 0 Å². The molecular formula is C16H20N4O. The van der Waals surface area contributed by atoms with Crippen LogP contribution in [0.2, 0.25) is 0 Å². The van der Waals surface area contributed by atoms with E-state index in [-0.39, 0.29) is 0 Å². The molecule has 0 unspecified atom stereocenters. The molecule has 1 aromatic carbocycles. The van der Waals surface area contributed by atoms with Gasteiger partial charge in [-0.3, -0.25) is 0 Å². The summed E-state index contributed by atoms with van der Waals surface area (Å²) in [5, 5.41) is 6.38. The number of ether oxygens (including phenoxy) is 1. The lowest BCUT2D eigenvalue weighted by Crippen LogP contribution is -2.13. The predicted molar refractivity (Wildman–Crippen MR) is 84.0 cm³/mol. The standard InChI is InChI=1S/C16H20N4O/c1-17-14-11-15(20-16(19-14)12-7-8-12)18-9-10-21-13-5-3-2-4-6-13/h2-6,11-12H,7-10H2,1H3,(H2,17,18,19,20). The van der Waals surface area contributed by atoms with E-state index < -0.39 is 0 Å². The number of benzene rings is 1. The first-order chi connectivity index (χ1) is 10.3. The topological polar surface area (TPSA) is 59.1 Å². The molecule has 5 heteroatoms. The second-order valence-corrected chi connectivity index (χ2v) is 5.11. The van der Waals surface area contributed by atoms with Crippen LogP contribution >= 0.6 is 0 Å². The van der Waals surface area contributed by atoms with E-state index in [1.54, 1.807) is 0 Å². The summed E-state index contributed by atoms with van der Waals surface area (Å²) < 4.78 is 5.65. The highest BCUT2D eigenvalue weighted by molar-refractivity contribution is 5.47. The lowest BCUT2D eigenvalue weighted by molar-refractivity contribution is 0.332. The molecule has 5 nitrogen and oxygen atoms in total. The summed E-state index contributed by atoms with van der Waals surface area (Å²) in [5.41, 5.74) is 0. The van der Waals surface area contributed by atoms with Crippen molar-refractivity contribution in [3.8, 4) is 5.75 Å². The molecule has 1 aromatic heterocycles. The molecule has 3 rings (SSSR count). The Morgan fingerprint density at radius 2 is 1.90 bits per heavy atom. The van der Waals surface area contributed by atoms with Crippen molar-refractivity contribution in [1.29, 1.82) is 0 Å². The van der Waals surface area contributed by atoms with Crippen LogP contribution in [0.3, 0.4) is 0 Å². The predicted octanol–water partition coefficient (Wildman–Crippen LogP) is 2.89. The van der Waals surface area contributed by atoms with E-state index in [1.165, 1.54) is 12.8 Å². The fraction of sp³-hybridized carbons (Fsp3) is 0.375. The Hall–Kier alpha value is -2.30.